The number of carbonyl (C=O) groups is 1. The highest BCUT2D eigenvalue weighted by Gasteiger charge is 2.05. The highest BCUT2D eigenvalue weighted by Crippen LogP contribution is 2.23. The minimum Gasteiger partial charge on any atom is -0.496 e. The SMILES string of the molecule is COc1c(C)cccc1CCC(C)=O. The number of aryl methyl sites for hydroxylation is 2. The van der Waals surface area contributed by atoms with Crippen LogP contribution < -0.4 is 4.74 Å². The Kier molecular flexibility index (Phi) is 3.69. The Morgan fingerprint density at radius 3 is 2.71 bits per heavy atom. The van der Waals surface area contributed by atoms with Crippen LogP contribution in [0.2, 0.25) is 0 Å². The van der Waals surface area contributed by atoms with Crippen LogP contribution >= 0.6 is 0 Å². The van der Waals surface area contributed by atoms with Gasteiger partial charge in [-0.2, -0.15) is 0 Å². The number of hydrogen-bond donors (Lipinski definition) is 0. The van der Waals surface area contributed by atoms with Crippen LogP contribution in [0.25, 0.3) is 0 Å². The Hall–Kier alpha value is -1.31. The molecule has 0 atom stereocenters. The van der Waals surface area contributed by atoms with Crippen LogP contribution in [0.1, 0.15) is 24.5 Å². The van der Waals surface area contributed by atoms with Crippen LogP contribution in [0, 0.1) is 6.92 Å². The third kappa shape index (κ3) is 2.59. The Bertz CT molecular complexity index is 329. The van der Waals surface area contributed by atoms with Gasteiger partial charge in [0.15, 0.2) is 0 Å². The Morgan fingerprint density at radius 1 is 1.43 bits per heavy atom. The van der Waals surface area contributed by atoms with Gasteiger partial charge in [0.2, 0.25) is 0 Å². The highest BCUT2D eigenvalue weighted by molar-refractivity contribution is 5.75. The van der Waals surface area contributed by atoms with Crippen molar-refractivity contribution < 1.29 is 9.53 Å². The molecule has 0 fully saturated rings. The molecule has 0 aliphatic rings. The zero-order valence-corrected chi connectivity index (χ0v) is 8.96. The molecule has 0 aliphatic heterocycles. The fraction of sp³-hybridized carbons (Fsp3) is 0.417. The molecule has 76 valence electrons. The summed E-state index contributed by atoms with van der Waals surface area (Å²) < 4.78 is 5.30. The molecule has 0 aromatic heterocycles. The number of carbonyl (C=O) groups excluding carboxylic acids is 1. The first kappa shape index (κ1) is 10.8. The molecule has 2 nitrogen and oxygen atoms in total. The topological polar surface area (TPSA) is 26.3 Å². The monoisotopic (exact) mass is 192 g/mol. The van der Waals surface area contributed by atoms with Gasteiger partial charge in [-0.05, 0) is 31.4 Å². The predicted octanol–water partition coefficient (Wildman–Crippen LogP) is 2.53. The molecule has 0 heterocycles. The number of benzene rings is 1. The Labute approximate surface area is 84.9 Å². The van der Waals surface area contributed by atoms with Crippen molar-refractivity contribution in [2.24, 2.45) is 0 Å². The fourth-order valence-corrected chi connectivity index (χ4v) is 1.51. The van der Waals surface area contributed by atoms with Crippen molar-refractivity contribution in [1.29, 1.82) is 0 Å². The van der Waals surface area contributed by atoms with Crippen LogP contribution in [-0.4, -0.2) is 12.9 Å². The molecular formula is C12H16O2. The second-order valence-corrected chi connectivity index (χ2v) is 3.47. The number of Topliss-reactive ketones (excluding diaryl/α,β-unsaturated/α-hetero) is 1. The number of ketones is 1. The summed E-state index contributed by atoms with van der Waals surface area (Å²) in [6.07, 6.45) is 1.35. The van der Waals surface area contributed by atoms with Crippen LogP contribution in [-0.2, 0) is 11.2 Å². The van der Waals surface area contributed by atoms with E-state index in [1.807, 2.05) is 25.1 Å². The second kappa shape index (κ2) is 4.80. The van der Waals surface area contributed by atoms with E-state index in [-0.39, 0.29) is 5.78 Å². The molecule has 2 heteroatoms. The van der Waals surface area contributed by atoms with E-state index in [1.165, 1.54) is 0 Å². The fourth-order valence-electron chi connectivity index (χ4n) is 1.51. The minimum atomic E-state index is 0.216. The summed E-state index contributed by atoms with van der Waals surface area (Å²) in [5.41, 5.74) is 2.23. The maximum Gasteiger partial charge on any atom is 0.130 e. The number of para-hydroxylation sites is 1. The van der Waals surface area contributed by atoms with Gasteiger partial charge in [0, 0.05) is 6.42 Å². The van der Waals surface area contributed by atoms with Gasteiger partial charge < -0.3 is 9.53 Å². The number of rotatable bonds is 4. The minimum absolute atomic E-state index is 0.216. The smallest absolute Gasteiger partial charge is 0.130 e. The van der Waals surface area contributed by atoms with Gasteiger partial charge in [0.05, 0.1) is 7.11 Å². The van der Waals surface area contributed by atoms with E-state index in [2.05, 4.69) is 0 Å². The lowest BCUT2D eigenvalue weighted by Gasteiger charge is -2.10. The standard InChI is InChI=1S/C12H16O2/c1-9-5-4-6-11(12(9)14-3)8-7-10(2)13/h4-6H,7-8H2,1-3H3. The normalized spacial score (nSPS) is 9.93. The molecule has 0 N–H and O–H groups in total. The van der Waals surface area contributed by atoms with E-state index in [0.717, 1.165) is 23.3 Å². The first-order valence-corrected chi connectivity index (χ1v) is 4.77. The lowest BCUT2D eigenvalue weighted by Crippen LogP contribution is -1.98. The van der Waals surface area contributed by atoms with Gasteiger partial charge in [-0.15, -0.1) is 0 Å². The number of ether oxygens (including phenoxy) is 1. The highest BCUT2D eigenvalue weighted by atomic mass is 16.5. The molecule has 0 saturated heterocycles. The summed E-state index contributed by atoms with van der Waals surface area (Å²) in [5, 5.41) is 0. The summed E-state index contributed by atoms with van der Waals surface area (Å²) in [6, 6.07) is 6.01. The quantitative estimate of drug-likeness (QED) is 0.732. The first-order chi connectivity index (χ1) is 6.65. The number of hydrogen-bond acceptors (Lipinski definition) is 2. The van der Waals surface area contributed by atoms with Crippen molar-refractivity contribution >= 4 is 5.78 Å². The summed E-state index contributed by atoms with van der Waals surface area (Å²) in [4.78, 5) is 10.9. The lowest BCUT2D eigenvalue weighted by molar-refractivity contribution is -0.116. The third-order valence-corrected chi connectivity index (χ3v) is 2.24. The summed E-state index contributed by atoms with van der Waals surface area (Å²) >= 11 is 0. The van der Waals surface area contributed by atoms with Gasteiger partial charge >= 0.3 is 0 Å². The molecule has 0 amide bonds. The summed E-state index contributed by atoms with van der Waals surface area (Å²) in [7, 11) is 1.67. The average Bonchev–Trinajstić information content (AvgIpc) is 2.14. The van der Waals surface area contributed by atoms with Gasteiger partial charge in [0.25, 0.3) is 0 Å². The first-order valence-electron chi connectivity index (χ1n) is 4.77. The van der Waals surface area contributed by atoms with E-state index in [9.17, 15) is 4.79 Å². The maximum atomic E-state index is 10.9. The van der Waals surface area contributed by atoms with Crippen LogP contribution in [0.15, 0.2) is 18.2 Å². The van der Waals surface area contributed by atoms with E-state index in [0.29, 0.717) is 6.42 Å². The van der Waals surface area contributed by atoms with E-state index < -0.39 is 0 Å². The Balaban J connectivity index is 2.85. The van der Waals surface area contributed by atoms with Gasteiger partial charge in [0.1, 0.15) is 11.5 Å². The van der Waals surface area contributed by atoms with Gasteiger partial charge in [-0.3, -0.25) is 0 Å². The van der Waals surface area contributed by atoms with E-state index in [4.69, 9.17) is 4.74 Å². The van der Waals surface area contributed by atoms with Crippen molar-refractivity contribution in [3.63, 3.8) is 0 Å². The molecule has 0 spiro atoms. The third-order valence-electron chi connectivity index (χ3n) is 2.24. The zero-order chi connectivity index (χ0) is 10.6. The Morgan fingerprint density at radius 2 is 2.14 bits per heavy atom. The zero-order valence-electron chi connectivity index (χ0n) is 8.96. The second-order valence-electron chi connectivity index (χ2n) is 3.47. The molecule has 0 radical (unpaired) electrons. The summed E-state index contributed by atoms with van der Waals surface area (Å²) in [5.74, 6) is 1.13. The van der Waals surface area contributed by atoms with Crippen LogP contribution in [0.5, 0.6) is 5.75 Å². The molecule has 1 rings (SSSR count). The molecule has 1 aromatic carbocycles. The van der Waals surface area contributed by atoms with E-state index >= 15 is 0 Å². The number of methoxy groups -OCH3 is 1. The van der Waals surface area contributed by atoms with E-state index in [1.54, 1.807) is 14.0 Å². The molecule has 1 aromatic rings. The predicted molar refractivity (Wildman–Crippen MR) is 56.7 cm³/mol. The largest absolute Gasteiger partial charge is 0.496 e. The van der Waals surface area contributed by atoms with Crippen molar-refractivity contribution in [3.05, 3.63) is 29.3 Å². The van der Waals surface area contributed by atoms with Crippen molar-refractivity contribution in [2.75, 3.05) is 7.11 Å². The maximum absolute atomic E-state index is 10.9. The van der Waals surface area contributed by atoms with Crippen molar-refractivity contribution in [1.82, 2.24) is 0 Å². The summed E-state index contributed by atoms with van der Waals surface area (Å²) in [6.45, 7) is 3.62. The van der Waals surface area contributed by atoms with Crippen molar-refractivity contribution in [2.45, 2.75) is 26.7 Å². The van der Waals surface area contributed by atoms with Crippen LogP contribution in [0.4, 0.5) is 0 Å². The van der Waals surface area contributed by atoms with Gasteiger partial charge in [-0.1, -0.05) is 18.2 Å². The van der Waals surface area contributed by atoms with Crippen LogP contribution in [0.3, 0.4) is 0 Å². The van der Waals surface area contributed by atoms with Crippen molar-refractivity contribution in [3.8, 4) is 5.75 Å². The average molecular weight is 192 g/mol. The molecule has 0 unspecified atom stereocenters. The lowest BCUT2D eigenvalue weighted by atomic mass is 10.0. The molecule has 14 heavy (non-hydrogen) atoms. The molecule has 0 saturated carbocycles. The van der Waals surface area contributed by atoms with Gasteiger partial charge in [-0.25, -0.2) is 0 Å². The molecular weight excluding hydrogens is 176 g/mol. The molecule has 0 aliphatic carbocycles. The molecule has 0 bridgehead atoms.